The Balaban J connectivity index is 1.60. The number of aryl methyl sites for hydroxylation is 1. The van der Waals surface area contributed by atoms with E-state index in [1.54, 1.807) is 16.3 Å². The van der Waals surface area contributed by atoms with Crippen LogP contribution in [-0.4, -0.2) is 34.7 Å². The molecular formula is C20H18N8O. The summed E-state index contributed by atoms with van der Waals surface area (Å²) in [5.74, 6) is 3.69. The molecule has 0 bridgehead atoms. The number of tetrazole rings is 1. The van der Waals surface area contributed by atoms with Crippen LogP contribution in [0.1, 0.15) is 12.1 Å². The second kappa shape index (κ2) is 7.82. The average molecular weight is 386 g/mol. The zero-order chi connectivity index (χ0) is 20.2. The number of imidazole rings is 1. The van der Waals surface area contributed by atoms with Gasteiger partial charge in [-0.2, -0.15) is 4.98 Å². The van der Waals surface area contributed by atoms with Gasteiger partial charge in [0.1, 0.15) is 12.4 Å². The highest BCUT2D eigenvalue weighted by atomic mass is 16.5. The van der Waals surface area contributed by atoms with Crippen LogP contribution in [0.4, 0.5) is 5.82 Å². The van der Waals surface area contributed by atoms with Crippen molar-refractivity contribution in [2.45, 2.75) is 13.0 Å². The third-order valence-electron chi connectivity index (χ3n) is 4.10. The van der Waals surface area contributed by atoms with Gasteiger partial charge in [-0.1, -0.05) is 29.9 Å². The number of allylic oxidation sites excluding steroid dienone is 1. The van der Waals surface area contributed by atoms with Gasteiger partial charge in [0.2, 0.25) is 0 Å². The minimum atomic E-state index is 0.214. The summed E-state index contributed by atoms with van der Waals surface area (Å²) in [4.78, 5) is 9.10. The van der Waals surface area contributed by atoms with Crippen LogP contribution in [0, 0.1) is 12.3 Å². The van der Waals surface area contributed by atoms with Crippen LogP contribution in [0.3, 0.4) is 0 Å². The van der Waals surface area contributed by atoms with Crippen LogP contribution in [0.15, 0.2) is 54.7 Å². The lowest BCUT2D eigenvalue weighted by Gasteiger charge is -2.10. The van der Waals surface area contributed by atoms with Crippen LogP contribution >= 0.6 is 0 Å². The molecule has 0 spiro atoms. The van der Waals surface area contributed by atoms with Crippen molar-refractivity contribution >= 4 is 16.9 Å². The van der Waals surface area contributed by atoms with E-state index in [9.17, 15) is 0 Å². The van der Waals surface area contributed by atoms with Crippen LogP contribution in [0.5, 0.6) is 6.01 Å². The quantitative estimate of drug-likeness (QED) is 0.488. The predicted octanol–water partition coefficient (Wildman–Crippen LogP) is 2.47. The number of ether oxygens (including phenoxy) is 1. The highest BCUT2D eigenvalue weighted by Gasteiger charge is 2.18. The minimum Gasteiger partial charge on any atom is -0.458 e. The number of hydrogen-bond donors (Lipinski definition) is 1. The summed E-state index contributed by atoms with van der Waals surface area (Å²) in [6.45, 7) is 4.09. The van der Waals surface area contributed by atoms with Crippen molar-refractivity contribution in [3.05, 3.63) is 60.4 Å². The van der Waals surface area contributed by atoms with Gasteiger partial charge in [0, 0.05) is 19.2 Å². The van der Waals surface area contributed by atoms with Crippen LogP contribution in [0.2, 0.25) is 0 Å². The molecular weight excluding hydrogens is 368 g/mol. The normalized spacial score (nSPS) is 10.6. The Labute approximate surface area is 167 Å². The first-order chi connectivity index (χ1) is 14.2. The predicted molar refractivity (Wildman–Crippen MR) is 108 cm³/mol. The monoisotopic (exact) mass is 386 g/mol. The van der Waals surface area contributed by atoms with E-state index < -0.39 is 0 Å². The van der Waals surface area contributed by atoms with E-state index >= 15 is 0 Å². The number of hydrogen-bond acceptors (Lipinski definition) is 7. The molecule has 9 nitrogen and oxygen atoms in total. The number of benzene rings is 1. The average Bonchev–Trinajstić information content (AvgIpc) is 3.29. The van der Waals surface area contributed by atoms with Crippen molar-refractivity contribution in [1.29, 1.82) is 0 Å². The number of fused-ring (bicyclic) bond motifs is 1. The highest BCUT2D eigenvalue weighted by Crippen LogP contribution is 2.25. The summed E-state index contributed by atoms with van der Waals surface area (Å²) < 4.78 is 9.32. The highest BCUT2D eigenvalue weighted by molar-refractivity contribution is 5.78. The molecule has 0 unspecified atom stereocenters. The fraction of sp³-hybridized carbons (Fsp3) is 0.150. The summed E-state index contributed by atoms with van der Waals surface area (Å²) in [5, 5.41) is 14.8. The molecule has 0 aliphatic rings. The molecule has 0 atom stereocenters. The summed E-state index contributed by atoms with van der Waals surface area (Å²) in [6.07, 6.45) is 5.73. The zero-order valence-electron chi connectivity index (χ0n) is 15.8. The van der Waals surface area contributed by atoms with Gasteiger partial charge in [-0.3, -0.25) is 0 Å². The zero-order valence-corrected chi connectivity index (χ0v) is 15.8. The van der Waals surface area contributed by atoms with Gasteiger partial charge in [-0.05, 0) is 34.7 Å². The van der Waals surface area contributed by atoms with Crippen LogP contribution in [0.25, 0.3) is 17.0 Å². The van der Waals surface area contributed by atoms with Crippen molar-refractivity contribution in [3.63, 3.8) is 0 Å². The molecule has 29 heavy (non-hydrogen) atoms. The van der Waals surface area contributed by atoms with E-state index in [-0.39, 0.29) is 6.61 Å². The summed E-state index contributed by atoms with van der Waals surface area (Å²) in [6, 6.07) is 13.6. The smallest absolute Gasteiger partial charge is 0.305 e. The van der Waals surface area contributed by atoms with Crippen molar-refractivity contribution < 1.29 is 4.74 Å². The van der Waals surface area contributed by atoms with E-state index in [0.29, 0.717) is 29.9 Å². The lowest BCUT2D eigenvalue weighted by Crippen LogP contribution is -2.09. The fourth-order valence-corrected chi connectivity index (χ4v) is 2.82. The number of nitrogens with zero attached hydrogens (tertiary/aromatic N) is 7. The van der Waals surface area contributed by atoms with E-state index in [2.05, 4.69) is 43.3 Å². The maximum absolute atomic E-state index is 5.99. The molecule has 0 fully saturated rings. The number of aromatic nitrogens is 7. The van der Waals surface area contributed by atoms with Gasteiger partial charge in [0.15, 0.2) is 0 Å². The van der Waals surface area contributed by atoms with Gasteiger partial charge >= 0.3 is 6.01 Å². The second-order valence-corrected chi connectivity index (χ2v) is 6.23. The number of nitrogens with one attached hydrogen (secondary N) is 1. The molecule has 9 heteroatoms. The van der Waals surface area contributed by atoms with Gasteiger partial charge in [0.05, 0.1) is 16.7 Å². The standard InChI is InChI=1S/C20H18N8O/c1-4-8-14(2)21-18-12-7-9-15(22-18)13-29-20-23-16-10-5-6-11-17(16)28(20)19-24-25-26-27(19)3/h1,5-7,9-12H,2,8,13H2,3H3,(H,21,22). The molecule has 4 aromatic rings. The van der Waals surface area contributed by atoms with E-state index in [1.807, 2.05) is 42.5 Å². The minimum absolute atomic E-state index is 0.214. The number of para-hydroxylation sites is 2. The first-order valence-electron chi connectivity index (χ1n) is 8.83. The molecule has 0 saturated carbocycles. The molecule has 1 N–H and O–H groups in total. The number of pyridine rings is 1. The Kier molecular flexibility index (Phi) is 4.90. The Bertz CT molecular complexity index is 1220. The van der Waals surface area contributed by atoms with Crippen molar-refractivity contribution in [2.75, 3.05) is 5.32 Å². The van der Waals surface area contributed by atoms with E-state index in [0.717, 1.165) is 16.7 Å². The number of anilines is 1. The molecule has 144 valence electrons. The molecule has 3 aromatic heterocycles. The van der Waals surface area contributed by atoms with Gasteiger partial charge < -0.3 is 10.1 Å². The van der Waals surface area contributed by atoms with E-state index in [4.69, 9.17) is 11.2 Å². The topological polar surface area (TPSA) is 95.6 Å². The summed E-state index contributed by atoms with van der Waals surface area (Å²) in [7, 11) is 1.76. The molecule has 0 aliphatic carbocycles. The number of rotatable bonds is 7. The molecule has 4 rings (SSSR count). The largest absolute Gasteiger partial charge is 0.458 e. The van der Waals surface area contributed by atoms with Gasteiger partial charge in [0.25, 0.3) is 5.95 Å². The number of terminal acetylenes is 1. The molecule has 0 amide bonds. The van der Waals surface area contributed by atoms with Crippen LogP contribution < -0.4 is 10.1 Å². The Morgan fingerprint density at radius 2 is 2.07 bits per heavy atom. The van der Waals surface area contributed by atoms with Gasteiger partial charge in [-0.15, -0.1) is 12.3 Å². The lowest BCUT2D eigenvalue weighted by molar-refractivity contribution is 0.272. The third-order valence-corrected chi connectivity index (χ3v) is 4.10. The molecule has 0 saturated heterocycles. The van der Waals surface area contributed by atoms with Gasteiger partial charge in [-0.25, -0.2) is 14.2 Å². The molecule has 0 radical (unpaired) electrons. The fourth-order valence-electron chi connectivity index (χ4n) is 2.82. The molecule has 0 aliphatic heterocycles. The van der Waals surface area contributed by atoms with Crippen LogP contribution in [-0.2, 0) is 13.7 Å². The first-order valence-corrected chi connectivity index (χ1v) is 8.83. The van der Waals surface area contributed by atoms with Crippen molar-refractivity contribution in [2.24, 2.45) is 7.05 Å². The van der Waals surface area contributed by atoms with E-state index in [1.165, 1.54) is 0 Å². The third kappa shape index (κ3) is 3.77. The molecule has 3 heterocycles. The van der Waals surface area contributed by atoms with Crippen molar-refractivity contribution in [1.82, 2.24) is 34.7 Å². The maximum Gasteiger partial charge on any atom is 0.305 e. The summed E-state index contributed by atoms with van der Waals surface area (Å²) >= 11 is 0. The molecule has 1 aromatic carbocycles. The van der Waals surface area contributed by atoms with Crippen molar-refractivity contribution in [3.8, 4) is 24.3 Å². The second-order valence-electron chi connectivity index (χ2n) is 6.23. The Hall–Kier alpha value is -4.19. The lowest BCUT2D eigenvalue weighted by atomic mass is 10.3. The summed E-state index contributed by atoms with van der Waals surface area (Å²) in [5.41, 5.74) is 3.04. The SMILES string of the molecule is C#CCC(=C)Nc1cccc(COc2nc3ccccc3n2-c2nnnn2C)n1. The maximum atomic E-state index is 5.99. The Morgan fingerprint density at radius 1 is 1.21 bits per heavy atom. The first kappa shape index (κ1) is 18.2. The Morgan fingerprint density at radius 3 is 2.86 bits per heavy atom.